The SMILES string of the molecule is CCc1cccc([N])c1CC. The van der Waals surface area contributed by atoms with Crippen molar-refractivity contribution in [3.05, 3.63) is 29.3 Å². The highest BCUT2D eigenvalue weighted by atomic mass is 14.6. The molecule has 0 aromatic heterocycles. The van der Waals surface area contributed by atoms with E-state index in [0.717, 1.165) is 18.4 Å². The zero-order valence-corrected chi connectivity index (χ0v) is 7.09. The molecule has 2 radical (unpaired) electrons. The van der Waals surface area contributed by atoms with Crippen molar-refractivity contribution in [3.8, 4) is 0 Å². The van der Waals surface area contributed by atoms with Gasteiger partial charge in [0.2, 0.25) is 0 Å². The molecule has 1 aromatic carbocycles. The van der Waals surface area contributed by atoms with E-state index in [9.17, 15) is 5.73 Å². The fourth-order valence-corrected chi connectivity index (χ4v) is 1.36. The van der Waals surface area contributed by atoms with Crippen molar-refractivity contribution in [1.29, 1.82) is 0 Å². The van der Waals surface area contributed by atoms with Gasteiger partial charge in [-0.15, -0.1) is 0 Å². The predicted octanol–water partition coefficient (Wildman–Crippen LogP) is 2.51. The fourth-order valence-electron chi connectivity index (χ4n) is 1.36. The summed E-state index contributed by atoms with van der Waals surface area (Å²) in [6.07, 6.45) is 1.91. The summed E-state index contributed by atoms with van der Waals surface area (Å²) in [7, 11) is 0. The van der Waals surface area contributed by atoms with Crippen molar-refractivity contribution in [2.75, 3.05) is 0 Å². The third kappa shape index (κ3) is 1.53. The van der Waals surface area contributed by atoms with Gasteiger partial charge in [0, 0.05) is 0 Å². The number of hydrogen-bond donors (Lipinski definition) is 0. The minimum absolute atomic E-state index is 0.437. The van der Waals surface area contributed by atoms with E-state index in [-0.39, 0.29) is 0 Å². The summed E-state index contributed by atoms with van der Waals surface area (Å²) in [6.45, 7) is 4.17. The Morgan fingerprint density at radius 1 is 1.18 bits per heavy atom. The van der Waals surface area contributed by atoms with Gasteiger partial charge in [0.15, 0.2) is 0 Å². The van der Waals surface area contributed by atoms with E-state index in [1.165, 1.54) is 5.56 Å². The number of hydrogen-bond acceptors (Lipinski definition) is 0. The predicted molar refractivity (Wildman–Crippen MR) is 47.0 cm³/mol. The summed E-state index contributed by atoms with van der Waals surface area (Å²) in [6, 6.07) is 5.71. The lowest BCUT2D eigenvalue weighted by molar-refractivity contribution is 1.03. The average molecular weight is 147 g/mol. The van der Waals surface area contributed by atoms with E-state index < -0.39 is 0 Å². The van der Waals surface area contributed by atoms with E-state index in [2.05, 4.69) is 19.9 Å². The van der Waals surface area contributed by atoms with E-state index >= 15 is 0 Å². The van der Waals surface area contributed by atoms with E-state index in [4.69, 9.17) is 0 Å². The maximum Gasteiger partial charge on any atom is 0.0891 e. The molecule has 0 fully saturated rings. The minimum atomic E-state index is 0.437. The number of nitrogens with zero attached hydrogens (tertiary/aromatic N) is 1. The first kappa shape index (κ1) is 8.12. The molecular formula is C10H13N. The summed E-state index contributed by atoms with van der Waals surface area (Å²) >= 11 is 0. The van der Waals surface area contributed by atoms with Crippen LogP contribution in [0.25, 0.3) is 0 Å². The van der Waals surface area contributed by atoms with Crippen LogP contribution >= 0.6 is 0 Å². The molecule has 0 amide bonds. The largest absolute Gasteiger partial charge is 0.150 e. The van der Waals surface area contributed by atoms with Crippen LogP contribution < -0.4 is 5.73 Å². The summed E-state index contributed by atoms with van der Waals surface area (Å²) in [5.41, 5.74) is 12.2. The van der Waals surface area contributed by atoms with Crippen LogP contribution in [0.3, 0.4) is 0 Å². The molecule has 0 aliphatic heterocycles. The van der Waals surface area contributed by atoms with Crippen molar-refractivity contribution in [2.45, 2.75) is 26.7 Å². The molecule has 0 saturated heterocycles. The van der Waals surface area contributed by atoms with Gasteiger partial charge >= 0.3 is 0 Å². The van der Waals surface area contributed by atoms with Crippen molar-refractivity contribution in [2.24, 2.45) is 0 Å². The molecule has 1 heteroatoms. The molecule has 1 rings (SSSR count). The maximum atomic E-state index is 9.42. The number of aryl methyl sites for hydroxylation is 1. The number of rotatable bonds is 2. The molecule has 1 nitrogen and oxygen atoms in total. The number of benzene rings is 1. The normalized spacial score (nSPS) is 10.0. The molecule has 0 bridgehead atoms. The van der Waals surface area contributed by atoms with Gasteiger partial charge < -0.3 is 0 Å². The first-order valence-corrected chi connectivity index (χ1v) is 4.09. The molecule has 0 aliphatic carbocycles. The second-order valence-electron chi connectivity index (χ2n) is 2.62. The molecule has 0 aliphatic rings. The molecule has 0 saturated carbocycles. The Hall–Kier alpha value is -0.980. The Bertz CT molecular complexity index is 241. The molecule has 0 unspecified atom stereocenters. The van der Waals surface area contributed by atoms with Gasteiger partial charge in [-0.05, 0) is 30.0 Å². The molecule has 0 atom stereocenters. The zero-order valence-electron chi connectivity index (χ0n) is 7.09. The van der Waals surface area contributed by atoms with Gasteiger partial charge in [0.05, 0.1) is 5.69 Å². The third-order valence-corrected chi connectivity index (χ3v) is 1.98. The molecule has 0 N–H and O–H groups in total. The van der Waals surface area contributed by atoms with Gasteiger partial charge in [-0.3, -0.25) is 0 Å². The van der Waals surface area contributed by atoms with E-state index in [0.29, 0.717) is 5.69 Å². The summed E-state index contributed by atoms with van der Waals surface area (Å²) < 4.78 is 0. The van der Waals surface area contributed by atoms with Crippen LogP contribution in [0.5, 0.6) is 0 Å². The molecule has 58 valence electrons. The Labute approximate surface area is 68.2 Å². The molecule has 1 aromatic rings. The quantitative estimate of drug-likeness (QED) is 0.613. The van der Waals surface area contributed by atoms with Crippen molar-refractivity contribution in [3.63, 3.8) is 0 Å². The van der Waals surface area contributed by atoms with Crippen molar-refractivity contribution < 1.29 is 0 Å². The minimum Gasteiger partial charge on any atom is -0.150 e. The second-order valence-corrected chi connectivity index (χ2v) is 2.62. The maximum absolute atomic E-state index is 9.42. The highest BCUT2D eigenvalue weighted by Crippen LogP contribution is 2.18. The van der Waals surface area contributed by atoms with Crippen LogP contribution in [0.2, 0.25) is 0 Å². The van der Waals surface area contributed by atoms with Crippen LogP contribution in [0.4, 0.5) is 5.69 Å². The standard InChI is InChI=1S/C10H13N/c1-3-8-6-5-7-10(11)9(8)4-2/h5-7H,3-4H2,1-2H3. The van der Waals surface area contributed by atoms with Gasteiger partial charge in [-0.2, -0.15) is 5.73 Å². The molecule has 0 spiro atoms. The van der Waals surface area contributed by atoms with E-state index in [1.807, 2.05) is 6.07 Å². The lowest BCUT2D eigenvalue weighted by Gasteiger charge is -2.05. The Morgan fingerprint density at radius 3 is 2.36 bits per heavy atom. The van der Waals surface area contributed by atoms with Crippen LogP contribution in [0, 0.1) is 0 Å². The van der Waals surface area contributed by atoms with Crippen LogP contribution in [-0.2, 0) is 12.8 Å². The fraction of sp³-hybridized carbons (Fsp3) is 0.400. The molecule has 11 heavy (non-hydrogen) atoms. The van der Waals surface area contributed by atoms with E-state index in [1.54, 1.807) is 6.07 Å². The Balaban J connectivity index is 3.13. The summed E-state index contributed by atoms with van der Waals surface area (Å²) in [5, 5.41) is 0. The second kappa shape index (κ2) is 3.42. The molecular weight excluding hydrogens is 134 g/mol. The van der Waals surface area contributed by atoms with Gasteiger partial charge in [0.1, 0.15) is 0 Å². The van der Waals surface area contributed by atoms with Gasteiger partial charge in [0.25, 0.3) is 0 Å². The topological polar surface area (TPSA) is 22.3 Å². The van der Waals surface area contributed by atoms with Crippen molar-refractivity contribution in [1.82, 2.24) is 5.73 Å². The Morgan fingerprint density at radius 2 is 1.91 bits per heavy atom. The van der Waals surface area contributed by atoms with Crippen LogP contribution in [0.15, 0.2) is 18.2 Å². The lowest BCUT2D eigenvalue weighted by Crippen LogP contribution is -1.91. The first-order chi connectivity index (χ1) is 5.29. The summed E-state index contributed by atoms with van der Waals surface area (Å²) in [5.74, 6) is 0. The van der Waals surface area contributed by atoms with Gasteiger partial charge in [-0.1, -0.05) is 26.0 Å². The Kier molecular flexibility index (Phi) is 2.53. The summed E-state index contributed by atoms with van der Waals surface area (Å²) in [4.78, 5) is 0. The highest BCUT2D eigenvalue weighted by molar-refractivity contribution is 5.48. The average Bonchev–Trinajstić information content (AvgIpc) is 2.04. The van der Waals surface area contributed by atoms with Crippen LogP contribution in [0.1, 0.15) is 25.0 Å². The first-order valence-electron chi connectivity index (χ1n) is 4.09. The van der Waals surface area contributed by atoms with Gasteiger partial charge in [-0.25, -0.2) is 0 Å². The van der Waals surface area contributed by atoms with Crippen LogP contribution in [-0.4, -0.2) is 0 Å². The molecule has 0 heterocycles. The lowest BCUT2D eigenvalue weighted by atomic mass is 10.0. The van der Waals surface area contributed by atoms with Crippen molar-refractivity contribution >= 4 is 5.69 Å². The highest BCUT2D eigenvalue weighted by Gasteiger charge is 2.02. The smallest absolute Gasteiger partial charge is 0.0891 e. The third-order valence-electron chi connectivity index (χ3n) is 1.98. The zero-order chi connectivity index (χ0) is 8.27. The monoisotopic (exact) mass is 147 g/mol.